The van der Waals surface area contributed by atoms with Gasteiger partial charge in [0.25, 0.3) is 5.91 Å². The second-order valence-electron chi connectivity index (χ2n) is 5.24. The number of likely N-dealkylation sites (tertiary alicyclic amines) is 1. The summed E-state index contributed by atoms with van der Waals surface area (Å²) in [6.07, 6.45) is -1.03. The van der Waals surface area contributed by atoms with Gasteiger partial charge in [-0.05, 0) is 24.1 Å². The highest BCUT2D eigenvalue weighted by atomic mass is 16.5. The number of carbonyl (C=O) groups is 3. The Morgan fingerprint density at radius 2 is 2.10 bits per heavy atom. The van der Waals surface area contributed by atoms with Crippen LogP contribution in [-0.4, -0.2) is 40.6 Å². The minimum Gasteiger partial charge on any atom is -0.497 e. The molecule has 21 heavy (non-hydrogen) atoms. The standard InChI is InChI=1S/C14H14N2O5/c1-21-9-4-2-8(3-5-9)7-16-11(17)10-6-14(10,12(16)18)15-13(19)20/h2-5,10,15H,6-7H2,1H3,(H,19,20). The van der Waals surface area contributed by atoms with Crippen molar-refractivity contribution in [2.24, 2.45) is 5.92 Å². The van der Waals surface area contributed by atoms with Gasteiger partial charge in [0.05, 0.1) is 19.6 Å². The molecule has 2 atom stereocenters. The average Bonchev–Trinajstić information content (AvgIpc) is 3.14. The number of ether oxygens (including phenoxy) is 1. The number of hydrogen-bond acceptors (Lipinski definition) is 4. The third-order valence-electron chi connectivity index (χ3n) is 3.98. The number of benzene rings is 1. The van der Waals surface area contributed by atoms with E-state index in [1.165, 1.54) is 0 Å². The first kappa shape index (κ1) is 13.4. The number of fused-ring (bicyclic) bond motifs is 1. The monoisotopic (exact) mass is 290 g/mol. The molecule has 0 spiro atoms. The summed E-state index contributed by atoms with van der Waals surface area (Å²) < 4.78 is 5.04. The molecule has 1 aromatic carbocycles. The van der Waals surface area contributed by atoms with Crippen molar-refractivity contribution in [1.29, 1.82) is 0 Å². The molecule has 0 radical (unpaired) electrons. The third-order valence-corrected chi connectivity index (χ3v) is 3.98. The molecule has 2 unspecified atom stereocenters. The molecule has 2 N–H and O–H groups in total. The number of nitrogens with one attached hydrogen (secondary N) is 1. The van der Waals surface area contributed by atoms with Crippen LogP contribution in [0, 0.1) is 5.92 Å². The summed E-state index contributed by atoms with van der Waals surface area (Å²) in [7, 11) is 1.55. The zero-order chi connectivity index (χ0) is 15.2. The molecule has 110 valence electrons. The molecule has 1 heterocycles. The number of carboxylic acid groups (broad SMARTS) is 1. The van der Waals surface area contributed by atoms with E-state index in [1.54, 1.807) is 31.4 Å². The maximum atomic E-state index is 12.3. The predicted octanol–water partition coefficient (Wildman–Crippen LogP) is 0.590. The zero-order valence-electron chi connectivity index (χ0n) is 11.3. The van der Waals surface area contributed by atoms with Crippen molar-refractivity contribution in [3.8, 4) is 5.75 Å². The quantitative estimate of drug-likeness (QED) is 0.791. The van der Waals surface area contributed by atoms with Crippen molar-refractivity contribution in [2.75, 3.05) is 7.11 Å². The Hall–Kier alpha value is -2.57. The Balaban J connectivity index is 1.76. The largest absolute Gasteiger partial charge is 0.497 e. The van der Waals surface area contributed by atoms with Crippen LogP contribution in [0.3, 0.4) is 0 Å². The summed E-state index contributed by atoms with van der Waals surface area (Å²) in [6.45, 7) is 0.140. The molecular weight excluding hydrogens is 276 g/mol. The summed E-state index contributed by atoms with van der Waals surface area (Å²) >= 11 is 0. The first-order valence-electron chi connectivity index (χ1n) is 6.48. The van der Waals surface area contributed by atoms with Gasteiger partial charge in [0, 0.05) is 0 Å². The lowest BCUT2D eigenvalue weighted by atomic mass is 10.2. The van der Waals surface area contributed by atoms with Gasteiger partial charge in [0.15, 0.2) is 0 Å². The molecular formula is C14H14N2O5. The van der Waals surface area contributed by atoms with Gasteiger partial charge in [-0.1, -0.05) is 12.1 Å². The van der Waals surface area contributed by atoms with Crippen LogP contribution in [0.25, 0.3) is 0 Å². The molecule has 3 amide bonds. The van der Waals surface area contributed by atoms with Gasteiger partial charge < -0.3 is 15.2 Å². The highest BCUT2D eigenvalue weighted by Gasteiger charge is 2.72. The number of carbonyl (C=O) groups excluding carboxylic acids is 2. The van der Waals surface area contributed by atoms with Crippen molar-refractivity contribution < 1.29 is 24.2 Å². The predicted molar refractivity (Wildman–Crippen MR) is 70.5 cm³/mol. The summed E-state index contributed by atoms with van der Waals surface area (Å²) in [6, 6.07) is 7.01. The number of methoxy groups -OCH3 is 1. The Kier molecular flexibility index (Phi) is 2.86. The number of amides is 3. The fraction of sp³-hybridized carbons (Fsp3) is 0.357. The van der Waals surface area contributed by atoms with E-state index < -0.39 is 23.5 Å². The van der Waals surface area contributed by atoms with Crippen molar-refractivity contribution in [3.05, 3.63) is 29.8 Å². The number of piperidine rings is 1. The smallest absolute Gasteiger partial charge is 0.405 e. The Bertz CT molecular complexity index is 627. The van der Waals surface area contributed by atoms with E-state index in [4.69, 9.17) is 9.84 Å². The van der Waals surface area contributed by atoms with Gasteiger partial charge in [0.2, 0.25) is 5.91 Å². The van der Waals surface area contributed by atoms with Gasteiger partial charge in [-0.2, -0.15) is 0 Å². The fourth-order valence-electron chi connectivity index (χ4n) is 2.77. The molecule has 1 saturated carbocycles. The number of hydrogen-bond donors (Lipinski definition) is 2. The lowest BCUT2D eigenvalue weighted by Gasteiger charge is -2.19. The number of imide groups is 1. The van der Waals surface area contributed by atoms with E-state index in [0.29, 0.717) is 5.75 Å². The van der Waals surface area contributed by atoms with Crippen molar-refractivity contribution in [2.45, 2.75) is 18.5 Å². The summed E-state index contributed by atoms with van der Waals surface area (Å²) in [5, 5.41) is 11.0. The molecule has 7 heteroatoms. The first-order chi connectivity index (χ1) is 9.98. The van der Waals surface area contributed by atoms with Crippen LogP contribution in [0.1, 0.15) is 12.0 Å². The van der Waals surface area contributed by atoms with Gasteiger partial charge in [0.1, 0.15) is 11.3 Å². The highest BCUT2D eigenvalue weighted by Crippen LogP contribution is 2.51. The Morgan fingerprint density at radius 1 is 1.43 bits per heavy atom. The minimum absolute atomic E-state index is 0.140. The average molecular weight is 290 g/mol. The summed E-state index contributed by atoms with van der Waals surface area (Å²) in [5.74, 6) is -0.649. The Labute approximate surface area is 120 Å². The van der Waals surface area contributed by atoms with Crippen molar-refractivity contribution >= 4 is 17.9 Å². The van der Waals surface area contributed by atoms with E-state index >= 15 is 0 Å². The highest BCUT2D eigenvalue weighted by molar-refractivity contribution is 6.15. The van der Waals surface area contributed by atoms with E-state index in [2.05, 4.69) is 5.32 Å². The second-order valence-corrected chi connectivity index (χ2v) is 5.24. The Morgan fingerprint density at radius 3 is 2.67 bits per heavy atom. The van der Waals surface area contributed by atoms with Gasteiger partial charge in [-0.3, -0.25) is 14.5 Å². The molecule has 1 aromatic rings. The molecule has 1 saturated heterocycles. The van der Waals surface area contributed by atoms with Crippen LogP contribution in [-0.2, 0) is 16.1 Å². The van der Waals surface area contributed by atoms with E-state index in [1.807, 2.05) is 0 Å². The molecule has 0 bridgehead atoms. The zero-order valence-corrected chi connectivity index (χ0v) is 11.3. The van der Waals surface area contributed by atoms with Crippen LogP contribution in [0.5, 0.6) is 5.75 Å². The SMILES string of the molecule is COc1ccc(CN2C(=O)C3CC3(NC(=O)O)C2=O)cc1. The van der Waals surface area contributed by atoms with Crippen LogP contribution in [0.4, 0.5) is 4.79 Å². The van der Waals surface area contributed by atoms with Crippen molar-refractivity contribution in [3.63, 3.8) is 0 Å². The maximum Gasteiger partial charge on any atom is 0.405 e. The molecule has 1 aliphatic heterocycles. The van der Waals surface area contributed by atoms with Gasteiger partial charge in [-0.25, -0.2) is 4.79 Å². The third kappa shape index (κ3) is 2.01. The van der Waals surface area contributed by atoms with Crippen LogP contribution >= 0.6 is 0 Å². The topological polar surface area (TPSA) is 95.9 Å². The molecule has 7 nitrogen and oxygen atoms in total. The fourth-order valence-corrected chi connectivity index (χ4v) is 2.77. The second kappa shape index (κ2) is 4.47. The summed E-state index contributed by atoms with van der Waals surface area (Å²) in [4.78, 5) is 36.3. The molecule has 2 aliphatic rings. The minimum atomic E-state index is -1.29. The number of rotatable bonds is 4. The maximum absolute atomic E-state index is 12.3. The molecule has 1 aliphatic carbocycles. The lowest BCUT2D eigenvalue weighted by molar-refractivity contribution is -0.142. The van der Waals surface area contributed by atoms with Crippen molar-refractivity contribution in [1.82, 2.24) is 10.2 Å². The summed E-state index contributed by atoms with van der Waals surface area (Å²) in [5.41, 5.74) is -0.445. The first-order valence-corrected chi connectivity index (χ1v) is 6.48. The van der Waals surface area contributed by atoms with Crippen LogP contribution in [0.15, 0.2) is 24.3 Å². The van der Waals surface area contributed by atoms with E-state index in [9.17, 15) is 14.4 Å². The normalized spacial score (nSPS) is 26.5. The molecule has 0 aromatic heterocycles. The molecule has 2 fully saturated rings. The number of nitrogens with zero attached hydrogens (tertiary/aromatic N) is 1. The lowest BCUT2D eigenvalue weighted by Crippen LogP contribution is -2.46. The van der Waals surface area contributed by atoms with Crippen LogP contribution in [0.2, 0.25) is 0 Å². The molecule has 3 rings (SSSR count). The van der Waals surface area contributed by atoms with E-state index in [-0.39, 0.29) is 18.9 Å². The van der Waals surface area contributed by atoms with E-state index in [0.717, 1.165) is 10.5 Å². The van der Waals surface area contributed by atoms with Gasteiger partial charge in [-0.15, -0.1) is 0 Å². The van der Waals surface area contributed by atoms with Crippen LogP contribution < -0.4 is 10.1 Å². The van der Waals surface area contributed by atoms with Gasteiger partial charge >= 0.3 is 6.09 Å².